The molecule has 2 amide bonds. The van der Waals surface area contributed by atoms with E-state index in [1.165, 1.54) is 12.1 Å². The molecule has 2 aliphatic rings. The van der Waals surface area contributed by atoms with Gasteiger partial charge in [-0.15, -0.1) is 0 Å². The first-order chi connectivity index (χ1) is 16.6. The van der Waals surface area contributed by atoms with Crippen LogP contribution in [0.1, 0.15) is 47.2 Å². The summed E-state index contributed by atoms with van der Waals surface area (Å²) in [6.45, 7) is 1.87. The highest BCUT2D eigenvalue weighted by Gasteiger charge is 2.51. The van der Waals surface area contributed by atoms with E-state index in [1.807, 2.05) is 0 Å². The molecule has 0 radical (unpaired) electrons. The van der Waals surface area contributed by atoms with Gasteiger partial charge in [-0.3, -0.25) is 38.4 Å². The fourth-order valence-corrected chi connectivity index (χ4v) is 4.38. The average Bonchev–Trinajstić information content (AvgIpc) is 3.33. The quantitative estimate of drug-likeness (QED) is 0.439. The van der Waals surface area contributed by atoms with Gasteiger partial charge in [-0.25, -0.2) is 4.79 Å². The van der Waals surface area contributed by atoms with Crippen LogP contribution in [-0.2, 0) is 23.8 Å². The fraction of sp³-hybridized carbons (Fsp3) is 0.364. The summed E-state index contributed by atoms with van der Waals surface area (Å²) in [5, 5.41) is -0.287. The fourth-order valence-electron chi connectivity index (χ4n) is 4.23. The Bertz CT molecular complexity index is 1300. The molecular formula is C22H20ClN3O9. The van der Waals surface area contributed by atoms with Gasteiger partial charge in [0.15, 0.2) is 6.10 Å². The van der Waals surface area contributed by atoms with E-state index in [-0.39, 0.29) is 22.6 Å². The normalized spacial score (nSPS) is 22.1. The molecule has 0 spiro atoms. The molecule has 2 aliphatic heterocycles. The first-order valence-electron chi connectivity index (χ1n) is 10.5. The summed E-state index contributed by atoms with van der Waals surface area (Å²) in [4.78, 5) is 76.8. The lowest BCUT2D eigenvalue weighted by molar-refractivity contribution is -0.169. The number of carbonyl (C=O) groups excluding carboxylic acids is 4. The van der Waals surface area contributed by atoms with Gasteiger partial charge in [-0.1, -0.05) is 23.7 Å². The second-order valence-electron chi connectivity index (χ2n) is 7.98. The Hall–Kier alpha value is -3.77. The van der Waals surface area contributed by atoms with Crippen LogP contribution in [-0.4, -0.2) is 63.1 Å². The van der Waals surface area contributed by atoms with Gasteiger partial charge in [0.25, 0.3) is 17.4 Å². The van der Waals surface area contributed by atoms with E-state index in [0.717, 1.165) is 29.5 Å². The van der Waals surface area contributed by atoms with Gasteiger partial charge in [0.05, 0.1) is 17.2 Å². The molecule has 1 N–H and O–H groups in total. The summed E-state index contributed by atoms with van der Waals surface area (Å²) in [5.41, 5.74) is -1.26. The summed E-state index contributed by atoms with van der Waals surface area (Å²) in [6, 6.07) is 5.22. The van der Waals surface area contributed by atoms with Crippen LogP contribution in [0, 0.1) is 0 Å². The Balaban J connectivity index is 1.76. The summed E-state index contributed by atoms with van der Waals surface area (Å²) in [7, 11) is 0. The van der Waals surface area contributed by atoms with Crippen LogP contribution >= 0.6 is 11.6 Å². The number of aromatic amines is 1. The predicted molar refractivity (Wildman–Crippen MR) is 118 cm³/mol. The highest BCUT2D eigenvalue weighted by molar-refractivity contribution is 6.30. The van der Waals surface area contributed by atoms with Crippen molar-refractivity contribution in [2.45, 2.75) is 44.7 Å². The summed E-state index contributed by atoms with van der Waals surface area (Å²) in [6.07, 6.45) is -2.53. The van der Waals surface area contributed by atoms with Crippen LogP contribution in [0.15, 0.2) is 40.1 Å². The molecule has 35 heavy (non-hydrogen) atoms. The van der Waals surface area contributed by atoms with E-state index < -0.39 is 66.1 Å². The Morgan fingerprint density at radius 3 is 2.31 bits per heavy atom. The van der Waals surface area contributed by atoms with Gasteiger partial charge < -0.3 is 14.2 Å². The lowest BCUT2D eigenvalue weighted by atomic mass is 10.0. The third kappa shape index (κ3) is 4.62. The zero-order chi connectivity index (χ0) is 25.4. The molecule has 3 heterocycles. The molecule has 184 valence electrons. The van der Waals surface area contributed by atoms with Gasteiger partial charge >= 0.3 is 17.6 Å². The SMILES string of the molecule is CC(=O)OC[C@@H](OC(C)=O)[C@H]1O[C@H](n2cc(Cl)c(=O)[nH]c2=O)C[C@@H]1N1C(=O)c2ccccc2C1=O. The van der Waals surface area contributed by atoms with Crippen molar-refractivity contribution in [2.24, 2.45) is 0 Å². The van der Waals surface area contributed by atoms with Gasteiger partial charge in [-0.05, 0) is 12.1 Å². The number of carbonyl (C=O) groups is 4. The Kier molecular flexibility index (Phi) is 6.59. The highest BCUT2D eigenvalue weighted by atomic mass is 35.5. The number of amides is 2. The van der Waals surface area contributed by atoms with Crippen LogP contribution in [0.3, 0.4) is 0 Å². The maximum atomic E-state index is 13.2. The number of ether oxygens (including phenoxy) is 3. The third-order valence-electron chi connectivity index (χ3n) is 5.66. The number of benzene rings is 1. The van der Waals surface area contributed by atoms with E-state index in [9.17, 15) is 28.8 Å². The number of aromatic nitrogens is 2. The van der Waals surface area contributed by atoms with E-state index in [2.05, 4.69) is 4.98 Å². The summed E-state index contributed by atoms with van der Waals surface area (Å²) >= 11 is 5.88. The molecule has 1 saturated heterocycles. The minimum absolute atomic E-state index is 0.101. The number of fused-ring (bicyclic) bond motifs is 1. The molecular weight excluding hydrogens is 486 g/mol. The maximum absolute atomic E-state index is 13.2. The minimum Gasteiger partial charge on any atom is -0.462 e. The van der Waals surface area contributed by atoms with E-state index in [4.69, 9.17) is 25.8 Å². The largest absolute Gasteiger partial charge is 0.462 e. The van der Waals surface area contributed by atoms with Crippen molar-refractivity contribution in [3.63, 3.8) is 0 Å². The second kappa shape index (κ2) is 9.47. The Labute approximate surface area is 202 Å². The molecule has 12 nitrogen and oxygen atoms in total. The van der Waals surface area contributed by atoms with Gasteiger partial charge in [0.2, 0.25) is 0 Å². The van der Waals surface area contributed by atoms with E-state index in [0.29, 0.717) is 0 Å². The number of imide groups is 1. The monoisotopic (exact) mass is 505 g/mol. The smallest absolute Gasteiger partial charge is 0.330 e. The van der Waals surface area contributed by atoms with Crippen LogP contribution in [0.4, 0.5) is 0 Å². The third-order valence-corrected chi connectivity index (χ3v) is 5.93. The van der Waals surface area contributed by atoms with Crippen molar-refractivity contribution in [3.05, 3.63) is 67.4 Å². The Morgan fingerprint density at radius 2 is 1.74 bits per heavy atom. The first-order valence-corrected chi connectivity index (χ1v) is 10.9. The molecule has 13 heteroatoms. The van der Waals surface area contributed by atoms with Gasteiger partial charge in [-0.2, -0.15) is 0 Å². The molecule has 1 fully saturated rings. The van der Waals surface area contributed by atoms with Gasteiger partial charge in [0, 0.05) is 26.5 Å². The van der Waals surface area contributed by atoms with Crippen molar-refractivity contribution < 1.29 is 33.4 Å². The second-order valence-corrected chi connectivity index (χ2v) is 8.39. The van der Waals surface area contributed by atoms with Crippen molar-refractivity contribution >= 4 is 35.4 Å². The van der Waals surface area contributed by atoms with Crippen LogP contribution < -0.4 is 11.2 Å². The lowest BCUT2D eigenvalue weighted by Crippen LogP contribution is -2.51. The van der Waals surface area contributed by atoms with Crippen molar-refractivity contribution in [3.8, 4) is 0 Å². The molecule has 4 atom stereocenters. The molecule has 0 unspecified atom stereocenters. The molecule has 2 aromatic rings. The van der Waals surface area contributed by atoms with E-state index in [1.54, 1.807) is 12.1 Å². The standard InChI is InChI=1S/C22H20ClN3O9/c1-10(27)33-9-16(34-11(2)28)18-15(26-20(30)12-5-3-4-6-13(12)21(26)31)7-17(35-18)25-8-14(23)19(29)24-22(25)32/h3-6,8,15-18H,7,9H2,1-2H3,(H,24,29,32)/t15-,16+,17-,18-/m0/s1. The summed E-state index contributed by atoms with van der Waals surface area (Å²) in [5.74, 6) is -2.56. The topological polar surface area (TPSA) is 154 Å². The van der Waals surface area contributed by atoms with Crippen LogP contribution in [0.5, 0.6) is 0 Å². The molecule has 1 aromatic heterocycles. The summed E-state index contributed by atoms with van der Waals surface area (Å²) < 4.78 is 17.4. The number of H-pyrrole nitrogens is 1. The van der Waals surface area contributed by atoms with E-state index >= 15 is 0 Å². The minimum atomic E-state index is -1.22. The van der Waals surface area contributed by atoms with Crippen LogP contribution in [0.25, 0.3) is 0 Å². The predicted octanol–water partition coefficient (Wildman–Crippen LogP) is 0.637. The number of halogens is 1. The molecule has 4 rings (SSSR count). The van der Waals surface area contributed by atoms with Crippen molar-refractivity contribution in [2.75, 3.05) is 6.61 Å². The first kappa shape index (κ1) is 24.4. The molecule has 0 bridgehead atoms. The zero-order valence-electron chi connectivity index (χ0n) is 18.6. The number of nitrogens with one attached hydrogen (secondary N) is 1. The number of hydrogen-bond acceptors (Lipinski definition) is 9. The van der Waals surface area contributed by atoms with Gasteiger partial charge in [0.1, 0.15) is 24.0 Å². The maximum Gasteiger partial charge on any atom is 0.330 e. The zero-order valence-corrected chi connectivity index (χ0v) is 19.3. The number of esters is 2. The molecule has 1 aromatic carbocycles. The highest BCUT2D eigenvalue weighted by Crippen LogP contribution is 2.38. The molecule has 0 saturated carbocycles. The molecule has 0 aliphatic carbocycles. The number of hydrogen-bond donors (Lipinski definition) is 1. The van der Waals surface area contributed by atoms with Crippen molar-refractivity contribution in [1.82, 2.24) is 14.5 Å². The van der Waals surface area contributed by atoms with Crippen LogP contribution in [0.2, 0.25) is 5.02 Å². The average molecular weight is 506 g/mol. The number of nitrogens with zero attached hydrogens (tertiary/aromatic N) is 2. The Morgan fingerprint density at radius 1 is 1.11 bits per heavy atom. The lowest BCUT2D eigenvalue weighted by Gasteiger charge is -2.31. The van der Waals surface area contributed by atoms with Crippen molar-refractivity contribution in [1.29, 1.82) is 0 Å². The number of rotatable bonds is 6.